The van der Waals surface area contributed by atoms with Gasteiger partial charge in [0.1, 0.15) is 0 Å². The van der Waals surface area contributed by atoms with Crippen molar-refractivity contribution >= 4 is 5.91 Å². The molecule has 112 valence electrons. The van der Waals surface area contributed by atoms with Crippen molar-refractivity contribution in [1.29, 1.82) is 0 Å². The van der Waals surface area contributed by atoms with E-state index in [2.05, 4.69) is 24.3 Å². The first-order chi connectivity index (χ1) is 9.49. The quantitative estimate of drug-likeness (QED) is 0.864. The second kappa shape index (κ2) is 5.83. The minimum absolute atomic E-state index is 0.149. The molecular formula is C14H24N4O2. The number of hydrogen-bond donors (Lipinski definition) is 2. The molecule has 1 aromatic rings. The minimum Gasteiger partial charge on any atom is -0.493 e. The maximum absolute atomic E-state index is 11.9. The fourth-order valence-electron chi connectivity index (χ4n) is 3.31. The topological polar surface area (TPSA) is 82.2 Å². The van der Waals surface area contributed by atoms with Gasteiger partial charge in [0.05, 0.1) is 31.0 Å². The van der Waals surface area contributed by atoms with Crippen molar-refractivity contribution < 1.29 is 9.53 Å². The number of nitrogens with two attached hydrogens (primary N) is 1. The van der Waals surface area contributed by atoms with E-state index in [0.29, 0.717) is 11.8 Å². The first kappa shape index (κ1) is 14.8. The normalized spacial score (nSPS) is 30.2. The van der Waals surface area contributed by atoms with Crippen LogP contribution in [0.4, 0.5) is 0 Å². The molecule has 1 aromatic heterocycles. The van der Waals surface area contributed by atoms with Crippen LogP contribution in [-0.2, 0) is 11.3 Å². The average molecular weight is 280 g/mol. The van der Waals surface area contributed by atoms with Crippen LogP contribution in [0.15, 0.2) is 6.20 Å². The van der Waals surface area contributed by atoms with Crippen molar-refractivity contribution in [3.63, 3.8) is 0 Å². The number of amides is 1. The predicted molar refractivity (Wildman–Crippen MR) is 76.3 cm³/mol. The van der Waals surface area contributed by atoms with Crippen molar-refractivity contribution in [3.8, 4) is 5.75 Å². The van der Waals surface area contributed by atoms with Gasteiger partial charge in [0.15, 0.2) is 5.75 Å². The van der Waals surface area contributed by atoms with Crippen LogP contribution in [0.1, 0.15) is 38.9 Å². The predicted octanol–water partition coefficient (Wildman–Crippen LogP) is 1.07. The lowest BCUT2D eigenvalue weighted by Crippen LogP contribution is -2.49. The van der Waals surface area contributed by atoms with E-state index in [1.165, 1.54) is 0 Å². The third-order valence-electron chi connectivity index (χ3n) is 4.15. The summed E-state index contributed by atoms with van der Waals surface area (Å²) in [6.07, 6.45) is 2.63. The van der Waals surface area contributed by atoms with Crippen LogP contribution in [0, 0.1) is 11.8 Å². The summed E-state index contributed by atoms with van der Waals surface area (Å²) in [5.41, 5.74) is 6.55. The Morgan fingerprint density at radius 3 is 2.85 bits per heavy atom. The third kappa shape index (κ3) is 2.52. The fourth-order valence-corrected chi connectivity index (χ4v) is 3.31. The number of hydrogen-bond acceptors (Lipinski definition) is 4. The second-order valence-corrected chi connectivity index (χ2v) is 5.60. The molecule has 1 amide bonds. The Hall–Kier alpha value is -1.56. The zero-order valence-electron chi connectivity index (χ0n) is 12.6. The summed E-state index contributed by atoms with van der Waals surface area (Å²) < 4.78 is 7.28. The number of methoxy groups -OCH3 is 1. The Bertz CT molecular complexity index is 464. The second-order valence-electron chi connectivity index (χ2n) is 5.60. The number of aromatic nitrogens is 2. The summed E-state index contributed by atoms with van der Waals surface area (Å²) in [7, 11) is 1.62. The van der Waals surface area contributed by atoms with Crippen molar-refractivity contribution in [1.82, 2.24) is 15.1 Å². The summed E-state index contributed by atoms with van der Waals surface area (Å²) in [5, 5.41) is 7.81. The molecule has 1 fully saturated rings. The van der Waals surface area contributed by atoms with Gasteiger partial charge in [-0.1, -0.05) is 6.92 Å². The molecule has 3 N–H and O–H groups in total. The van der Waals surface area contributed by atoms with E-state index in [1.54, 1.807) is 13.3 Å². The molecule has 1 aliphatic rings. The van der Waals surface area contributed by atoms with Crippen LogP contribution in [0.3, 0.4) is 0 Å². The first-order valence-corrected chi connectivity index (χ1v) is 7.14. The molecule has 0 bridgehead atoms. The lowest BCUT2D eigenvalue weighted by Gasteiger charge is -2.39. The number of piperidine rings is 1. The van der Waals surface area contributed by atoms with E-state index in [1.807, 2.05) is 11.6 Å². The Balaban J connectivity index is 2.46. The molecule has 2 rings (SSSR count). The van der Waals surface area contributed by atoms with Gasteiger partial charge in [-0.05, 0) is 26.2 Å². The number of nitrogens with zero attached hydrogens (tertiary/aromatic N) is 2. The minimum atomic E-state index is -0.271. The molecular weight excluding hydrogens is 256 g/mol. The number of ether oxygens (including phenoxy) is 1. The lowest BCUT2D eigenvalue weighted by molar-refractivity contribution is -0.125. The number of aryl methyl sites for hydroxylation is 1. The van der Waals surface area contributed by atoms with Crippen LogP contribution in [0.25, 0.3) is 0 Å². The van der Waals surface area contributed by atoms with E-state index in [-0.39, 0.29) is 23.8 Å². The van der Waals surface area contributed by atoms with Crippen molar-refractivity contribution in [2.24, 2.45) is 17.6 Å². The Labute approximate surface area is 119 Å². The molecule has 6 nitrogen and oxygen atoms in total. The van der Waals surface area contributed by atoms with Gasteiger partial charge < -0.3 is 15.8 Å². The largest absolute Gasteiger partial charge is 0.493 e. The molecule has 20 heavy (non-hydrogen) atoms. The Kier molecular flexibility index (Phi) is 4.32. The van der Waals surface area contributed by atoms with Crippen molar-refractivity contribution in [3.05, 3.63) is 11.9 Å². The molecule has 4 unspecified atom stereocenters. The summed E-state index contributed by atoms with van der Waals surface area (Å²) >= 11 is 0. The van der Waals surface area contributed by atoms with E-state index < -0.39 is 0 Å². The fraction of sp³-hybridized carbons (Fsp3) is 0.714. The summed E-state index contributed by atoms with van der Waals surface area (Å²) in [6, 6.07) is 0.180. The highest BCUT2D eigenvalue weighted by Gasteiger charge is 2.41. The van der Waals surface area contributed by atoms with Gasteiger partial charge in [-0.25, -0.2) is 0 Å². The van der Waals surface area contributed by atoms with Crippen LogP contribution in [0.2, 0.25) is 0 Å². The summed E-state index contributed by atoms with van der Waals surface area (Å²) in [5.74, 6) is 0.422. The summed E-state index contributed by atoms with van der Waals surface area (Å²) in [4.78, 5) is 11.9. The van der Waals surface area contributed by atoms with Crippen molar-refractivity contribution in [2.75, 3.05) is 7.11 Å². The highest BCUT2D eigenvalue weighted by Crippen LogP contribution is 2.38. The molecule has 0 aromatic carbocycles. The molecule has 0 spiro atoms. The van der Waals surface area contributed by atoms with Gasteiger partial charge in [0, 0.05) is 12.6 Å². The summed E-state index contributed by atoms with van der Waals surface area (Å²) in [6.45, 7) is 6.95. The Morgan fingerprint density at radius 1 is 1.60 bits per heavy atom. The van der Waals surface area contributed by atoms with Gasteiger partial charge in [-0.3, -0.25) is 9.48 Å². The van der Waals surface area contributed by atoms with E-state index in [0.717, 1.165) is 18.7 Å². The van der Waals surface area contributed by atoms with E-state index in [4.69, 9.17) is 10.5 Å². The first-order valence-electron chi connectivity index (χ1n) is 7.14. The molecule has 0 aliphatic carbocycles. The average Bonchev–Trinajstić information content (AvgIpc) is 2.79. The van der Waals surface area contributed by atoms with Gasteiger partial charge in [0.25, 0.3) is 0 Å². The molecule has 0 radical (unpaired) electrons. The molecule has 1 saturated heterocycles. The standard InChI is InChI=1S/C14H24N4O2/c1-5-18-13(10(20-4)7-16-18)12-11(14(15)19)8(2)6-9(3)17-12/h7-9,11-12,17H,5-6H2,1-4H3,(H2,15,19). The van der Waals surface area contributed by atoms with E-state index in [9.17, 15) is 4.79 Å². The van der Waals surface area contributed by atoms with Gasteiger partial charge >= 0.3 is 0 Å². The zero-order chi connectivity index (χ0) is 14.9. The van der Waals surface area contributed by atoms with Gasteiger partial charge in [-0.2, -0.15) is 5.10 Å². The van der Waals surface area contributed by atoms with Gasteiger partial charge in [-0.15, -0.1) is 0 Å². The van der Waals surface area contributed by atoms with Crippen LogP contribution in [0.5, 0.6) is 5.75 Å². The smallest absolute Gasteiger partial charge is 0.222 e. The number of rotatable bonds is 4. The molecule has 6 heteroatoms. The lowest BCUT2D eigenvalue weighted by atomic mass is 9.77. The Morgan fingerprint density at radius 2 is 2.30 bits per heavy atom. The molecule has 2 heterocycles. The van der Waals surface area contributed by atoms with Crippen molar-refractivity contribution in [2.45, 2.75) is 45.8 Å². The molecule has 4 atom stereocenters. The number of carbonyl (C=O) groups excluding carboxylic acids is 1. The monoisotopic (exact) mass is 280 g/mol. The SMILES string of the molecule is CCn1ncc(OC)c1C1NC(C)CC(C)C1C(N)=O. The van der Waals surface area contributed by atoms with Crippen LogP contribution in [-0.4, -0.2) is 28.8 Å². The number of nitrogens with one attached hydrogen (secondary N) is 1. The third-order valence-corrected chi connectivity index (χ3v) is 4.15. The molecule has 0 saturated carbocycles. The zero-order valence-corrected chi connectivity index (χ0v) is 12.6. The van der Waals surface area contributed by atoms with Crippen LogP contribution < -0.4 is 15.8 Å². The maximum Gasteiger partial charge on any atom is 0.222 e. The van der Waals surface area contributed by atoms with Crippen LogP contribution >= 0.6 is 0 Å². The highest BCUT2D eigenvalue weighted by atomic mass is 16.5. The maximum atomic E-state index is 11.9. The van der Waals surface area contributed by atoms with Gasteiger partial charge in [0.2, 0.25) is 5.91 Å². The number of primary amides is 1. The highest BCUT2D eigenvalue weighted by molar-refractivity contribution is 5.78. The van der Waals surface area contributed by atoms with E-state index >= 15 is 0 Å². The molecule has 1 aliphatic heterocycles. The number of carbonyl (C=O) groups is 1.